The summed E-state index contributed by atoms with van der Waals surface area (Å²) < 4.78 is -0.686. The Hall–Kier alpha value is -0.440. The highest BCUT2D eigenvalue weighted by atomic mass is 33.1. The molecule has 6 N–H and O–H groups in total. The molecular weight excluding hydrogens is 252 g/mol. The Morgan fingerprint density at radius 2 is 1.75 bits per heavy atom. The molecule has 0 aromatic rings. The first-order chi connectivity index (χ1) is 7.18. The van der Waals surface area contributed by atoms with E-state index in [1.807, 2.05) is 0 Å². The second-order valence-electron chi connectivity index (χ2n) is 3.73. The van der Waals surface area contributed by atoms with Gasteiger partial charge in [-0.15, -0.1) is 0 Å². The Kier molecular flexibility index (Phi) is 6.16. The molecule has 8 heteroatoms. The molecule has 0 unspecified atom stereocenters. The van der Waals surface area contributed by atoms with Gasteiger partial charge in [-0.25, -0.2) is 0 Å². The van der Waals surface area contributed by atoms with Gasteiger partial charge in [-0.1, -0.05) is 21.6 Å². The van der Waals surface area contributed by atoms with E-state index in [0.29, 0.717) is 0 Å². The van der Waals surface area contributed by atoms with Crippen LogP contribution in [0.25, 0.3) is 0 Å². The van der Waals surface area contributed by atoms with Gasteiger partial charge in [0, 0.05) is 10.5 Å². The van der Waals surface area contributed by atoms with Gasteiger partial charge in [-0.05, 0) is 13.8 Å². The van der Waals surface area contributed by atoms with E-state index in [1.54, 1.807) is 13.8 Å². The number of nitrogens with two attached hydrogens (primary N) is 2. The molecule has 0 aromatic carbocycles. The van der Waals surface area contributed by atoms with Crippen LogP contribution in [-0.2, 0) is 9.59 Å². The van der Waals surface area contributed by atoms with Crippen LogP contribution in [0.15, 0.2) is 0 Å². The average molecular weight is 268 g/mol. The van der Waals surface area contributed by atoms with Gasteiger partial charge in [-0.2, -0.15) is 0 Å². The third-order valence-corrected chi connectivity index (χ3v) is 5.20. The summed E-state index contributed by atoms with van der Waals surface area (Å²) in [6.45, 7) is 3.38. The average Bonchev–Trinajstić information content (AvgIpc) is 2.15. The van der Waals surface area contributed by atoms with Crippen molar-refractivity contribution < 1.29 is 19.8 Å². The number of carboxylic acid groups (broad SMARTS) is 2. The number of aliphatic carboxylic acids is 2. The van der Waals surface area contributed by atoms with Gasteiger partial charge in [0.2, 0.25) is 0 Å². The van der Waals surface area contributed by atoms with E-state index in [9.17, 15) is 9.59 Å². The predicted octanol–water partition coefficient (Wildman–Crippen LogP) is -0.0298. The van der Waals surface area contributed by atoms with Gasteiger partial charge in [0.1, 0.15) is 12.1 Å². The lowest BCUT2D eigenvalue weighted by molar-refractivity contribution is -0.139. The van der Waals surface area contributed by atoms with Crippen LogP contribution in [0.1, 0.15) is 13.8 Å². The fourth-order valence-corrected chi connectivity index (χ4v) is 3.41. The normalized spacial score (nSPS) is 15.5. The first-order valence-electron chi connectivity index (χ1n) is 4.46. The van der Waals surface area contributed by atoms with Crippen molar-refractivity contribution >= 4 is 33.5 Å². The number of carboxylic acids is 2. The van der Waals surface area contributed by atoms with E-state index in [2.05, 4.69) is 0 Å². The lowest BCUT2D eigenvalue weighted by Crippen LogP contribution is -2.46. The van der Waals surface area contributed by atoms with E-state index < -0.39 is 28.8 Å². The minimum Gasteiger partial charge on any atom is -0.480 e. The van der Waals surface area contributed by atoms with E-state index in [4.69, 9.17) is 21.7 Å². The van der Waals surface area contributed by atoms with Crippen molar-refractivity contribution in [1.82, 2.24) is 0 Å². The van der Waals surface area contributed by atoms with Crippen molar-refractivity contribution in [1.29, 1.82) is 0 Å². The number of hydrogen-bond acceptors (Lipinski definition) is 6. The van der Waals surface area contributed by atoms with E-state index in [1.165, 1.54) is 21.6 Å². The maximum Gasteiger partial charge on any atom is 0.321 e. The topological polar surface area (TPSA) is 127 Å². The zero-order valence-corrected chi connectivity index (χ0v) is 10.7. The Labute approximate surface area is 102 Å². The zero-order chi connectivity index (χ0) is 12.9. The molecule has 0 aliphatic heterocycles. The van der Waals surface area contributed by atoms with E-state index >= 15 is 0 Å². The summed E-state index contributed by atoms with van der Waals surface area (Å²) in [6, 6.07) is -1.96. The molecule has 94 valence electrons. The van der Waals surface area contributed by atoms with Crippen LogP contribution < -0.4 is 11.5 Å². The highest BCUT2D eigenvalue weighted by molar-refractivity contribution is 8.77. The van der Waals surface area contributed by atoms with Crippen molar-refractivity contribution in [2.45, 2.75) is 30.7 Å². The first kappa shape index (κ1) is 15.6. The Bertz CT molecular complexity index is 273. The smallest absolute Gasteiger partial charge is 0.321 e. The number of hydrogen-bond donors (Lipinski definition) is 4. The summed E-state index contributed by atoms with van der Waals surface area (Å²) in [4.78, 5) is 21.1. The molecule has 0 rings (SSSR count). The maximum atomic E-state index is 10.7. The van der Waals surface area contributed by atoms with Crippen molar-refractivity contribution in [2.75, 3.05) is 5.75 Å². The van der Waals surface area contributed by atoms with Gasteiger partial charge >= 0.3 is 11.9 Å². The van der Waals surface area contributed by atoms with Gasteiger partial charge < -0.3 is 21.7 Å². The van der Waals surface area contributed by atoms with Crippen molar-refractivity contribution in [3.05, 3.63) is 0 Å². The SMILES string of the molecule is CC(C)(SSC[C@@H](N)C(=O)O)[C@@H](N)C(=O)O. The maximum absolute atomic E-state index is 10.7. The molecule has 0 radical (unpaired) electrons. The van der Waals surface area contributed by atoms with Crippen LogP contribution in [0.3, 0.4) is 0 Å². The Morgan fingerprint density at radius 1 is 1.25 bits per heavy atom. The van der Waals surface area contributed by atoms with E-state index in [-0.39, 0.29) is 5.75 Å². The third kappa shape index (κ3) is 5.06. The van der Waals surface area contributed by atoms with Crippen molar-refractivity contribution in [3.8, 4) is 0 Å². The molecule has 0 amide bonds. The minimum absolute atomic E-state index is 0.204. The summed E-state index contributed by atoms with van der Waals surface area (Å²) in [6.07, 6.45) is 0. The number of carbonyl (C=O) groups is 2. The summed E-state index contributed by atoms with van der Waals surface area (Å²) in [5, 5.41) is 17.3. The molecule has 0 aliphatic rings. The molecule has 0 saturated heterocycles. The summed E-state index contributed by atoms with van der Waals surface area (Å²) in [5.74, 6) is -1.95. The molecule has 0 aromatic heterocycles. The van der Waals surface area contributed by atoms with Gasteiger partial charge in [-0.3, -0.25) is 9.59 Å². The predicted molar refractivity (Wildman–Crippen MR) is 65.4 cm³/mol. The van der Waals surface area contributed by atoms with Gasteiger partial charge in [0.15, 0.2) is 0 Å². The molecule has 0 bridgehead atoms. The standard InChI is InChI=1S/C8H16N2O4S2/c1-8(2,5(10)7(13)14)16-15-3-4(9)6(11)12/h4-5H,3,9-10H2,1-2H3,(H,11,12)(H,13,14)/t4-,5+/m1/s1. The molecule has 0 saturated carbocycles. The molecule has 16 heavy (non-hydrogen) atoms. The molecular formula is C8H16N2O4S2. The molecule has 0 heterocycles. The van der Waals surface area contributed by atoms with Crippen molar-refractivity contribution in [2.24, 2.45) is 11.5 Å². The highest BCUT2D eigenvalue weighted by Gasteiger charge is 2.33. The lowest BCUT2D eigenvalue weighted by atomic mass is 10.1. The number of rotatable bonds is 7. The van der Waals surface area contributed by atoms with Crippen LogP contribution in [0.5, 0.6) is 0 Å². The molecule has 2 atom stereocenters. The zero-order valence-electron chi connectivity index (χ0n) is 9.04. The first-order valence-corrected chi connectivity index (χ1v) is 6.77. The van der Waals surface area contributed by atoms with Crippen molar-refractivity contribution in [3.63, 3.8) is 0 Å². The van der Waals surface area contributed by atoms with Crippen LogP contribution in [0.4, 0.5) is 0 Å². The monoisotopic (exact) mass is 268 g/mol. The fraction of sp³-hybridized carbons (Fsp3) is 0.750. The Morgan fingerprint density at radius 3 is 2.12 bits per heavy atom. The van der Waals surface area contributed by atoms with E-state index in [0.717, 1.165) is 0 Å². The second-order valence-corrected chi connectivity index (χ2v) is 6.73. The molecule has 0 fully saturated rings. The second kappa shape index (κ2) is 6.33. The highest BCUT2D eigenvalue weighted by Crippen LogP contribution is 2.37. The molecule has 0 spiro atoms. The third-order valence-electron chi connectivity index (χ3n) is 1.85. The van der Waals surface area contributed by atoms with Gasteiger partial charge in [0.05, 0.1) is 0 Å². The van der Waals surface area contributed by atoms with Crippen LogP contribution in [0.2, 0.25) is 0 Å². The van der Waals surface area contributed by atoms with Gasteiger partial charge in [0.25, 0.3) is 0 Å². The van der Waals surface area contributed by atoms with Crippen LogP contribution in [-0.4, -0.2) is 44.7 Å². The lowest BCUT2D eigenvalue weighted by Gasteiger charge is -2.27. The fourth-order valence-electron chi connectivity index (χ4n) is 0.680. The summed E-state index contributed by atoms with van der Waals surface area (Å²) in [7, 11) is 2.44. The quantitative estimate of drug-likeness (QED) is 0.474. The largest absolute Gasteiger partial charge is 0.480 e. The van der Waals surface area contributed by atoms with Crippen LogP contribution in [0, 0.1) is 0 Å². The Balaban J connectivity index is 4.09. The summed E-state index contributed by atoms with van der Waals surface area (Å²) in [5.41, 5.74) is 10.8. The molecule has 0 aliphatic carbocycles. The van der Waals surface area contributed by atoms with Crippen LogP contribution >= 0.6 is 21.6 Å². The molecule has 6 nitrogen and oxygen atoms in total. The minimum atomic E-state index is -1.08. The summed E-state index contributed by atoms with van der Waals surface area (Å²) >= 11 is 0.